The van der Waals surface area contributed by atoms with Crippen LogP contribution in [0.15, 0.2) is 36.5 Å². The van der Waals surface area contributed by atoms with E-state index in [1.54, 1.807) is 0 Å². The van der Waals surface area contributed by atoms with Crippen molar-refractivity contribution in [2.75, 3.05) is 26.4 Å². The standard InChI is InChI=1S/C33H56O14/c1-2-3-4-5-6-7-8-9-10-11-12-13-14-15-16-17-25(36)43-19-22(35)20-44-32-31(42)29(40)27(38)24(47-32)21-45-33-30(41)28(39)26(37)23(18-34)46-33/h3-4,6-7,9-10,22-24,26-35,37-42H,2,5,8,11-21H2,1H3/b4-3-,7-6-,10-9-/t22-,23+,24+,26-,27-,28-,29-,30+,31+,32+,33-/m0/s1. The van der Waals surface area contributed by atoms with E-state index in [1.165, 1.54) is 0 Å². The van der Waals surface area contributed by atoms with Gasteiger partial charge in [-0.05, 0) is 38.5 Å². The second kappa shape index (κ2) is 23.5. The van der Waals surface area contributed by atoms with Gasteiger partial charge in [0.15, 0.2) is 12.6 Å². The zero-order valence-corrected chi connectivity index (χ0v) is 27.2. The third-order valence-corrected chi connectivity index (χ3v) is 7.86. The fourth-order valence-corrected chi connectivity index (χ4v) is 4.99. The Kier molecular flexibility index (Phi) is 20.7. The van der Waals surface area contributed by atoms with E-state index in [9.17, 15) is 45.6 Å². The third kappa shape index (κ3) is 15.1. The van der Waals surface area contributed by atoms with Crippen molar-refractivity contribution in [1.82, 2.24) is 0 Å². The number of unbranched alkanes of at least 4 members (excludes halogenated alkanes) is 5. The lowest BCUT2D eigenvalue weighted by molar-refractivity contribution is -0.332. The van der Waals surface area contributed by atoms with Crippen LogP contribution in [0.2, 0.25) is 0 Å². The summed E-state index contributed by atoms with van der Waals surface area (Å²) in [7, 11) is 0. The van der Waals surface area contributed by atoms with E-state index in [0.717, 1.165) is 51.4 Å². The lowest BCUT2D eigenvalue weighted by Gasteiger charge is -2.42. The molecule has 0 amide bonds. The van der Waals surface area contributed by atoms with Crippen molar-refractivity contribution in [3.8, 4) is 0 Å². The SMILES string of the molecule is CC/C=C\C/C=C\C/C=C\CCCCCCCC(=O)OC[C@H](O)CO[C@@H]1O[C@H](CO[C@H]2O[C@H](CO)[C@H](O)[C@H](O)[C@H]2O)[C@H](O)[C@H](O)[C@H]1O. The Morgan fingerprint density at radius 2 is 1.23 bits per heavy atom. The normalized spacial score (nSPS) is 32.4. The molecule has 0 spiro atoms. The van der Waals surface area contributed by atoms with Crippen LogP contribution >= 0.6 is 0 Å². The molecule has 0 aromatic carbocycles. The minimum atomic E-state index is -1.73. The van der Waals surface area contributed by atoms with Crippen molar-refractivity contribution in [2.45, 2.75) is 139 Å². The maximum absolute atomic E-state index is 12.1. The molecule has 0 radical (unpaired) electrons. The number of ether oxygens (including phenoxy) is 5. The highest BCUT2D eigenvalue weighted by Gasteiger charge is 2.47. The van der Waals surface area contributed by atoms with Crippen LogP contribution in [0.25, 0.3) is 0 Å². The molecule has 11 atom stereocenters. The average Bonchev–Trinajstić information content (AvgIpc) is 3.06. The predicted molar refractivity (Wildman–Crippen MR) is 169 cm³/mol. The van der Waals surface area contributed by atoms with Gasteiger partial charge >= 0.3 is 5.97 Å². The van der Waals surface area contributed by atoms with E-state index >= 15 is 0 Å². The molecule has 0 saturated carbocycles. The Morgan fingerprint density at radius 1 is 0.681 bits per heavy atom. The number of allylic oxidation sites excluding steroid dienone is 6. The van der Waals surface area contributed by atoms with E-state index in [-0.39, 0.29) is 13.0 Å². The molecule has 0 bridgehead atoms. The molecule has 2 heterocycles. The van der Waals surface area contributed by atoms with E-state index in [1.807, 2.05) is 0 Å². The van der Waals surface area contributed by atoms with Gasteiger partial charge in [0, 0.05) is 6.42 Å². The summed E-state index contributed by atoms with van der Waals surface area (Å²) in [6.07, 6.45) is 5.21. The Bertz CT molecular complexity index is 927. The summed E-state index contributed by atoms with van der Waals surface area (Å²) in [5, 5.41) is 80.3. The predicted octanol–water partition coefficient (Wildman–Crippen LogP) is 0.121. The van der Waals surface area contributed by atoms with Gasteiger partial charge in [0.1, 0.15) is 61.5 Å². The van der Waals surface area contributed by atoms with Gasteiger partial charge in [-0.3, -0.25) is 4.79 Å². The number of carbonyl (C=O) groups excluding carboxylic acids is 1. The summed E-state index contributed by atoms with van der Waals surface area (Å²) in [4.78, 5) is 12.1. The number of aliphatic hydroxyl groups excluding tert-OH is 8. The Hall–Kier alpha value is -1.79. The summed E-state index contributed by atoms with van der Waals surface area (Å²) in [5.41, 5.74) is 0. The molecule has 0 unspecified atom stereocenters. The molecule has 14 heteroatoms. The largest absolute Gasteiger partial charge is 0.463 e. The van der Waals surface area contributed by atoms with Crippen molar-refractivity contribution >= 4 is 5.97 Å². The summed E-state index contributed by atoms with van der Waals surface area (Å²) >= 11 is 0. The zero-order chi connectivity index (χ0) is 34.6. The minimum Gasteiger partial charge on any atom is -0.463 e. The van der Waals surface area contributed by atoms with Crippen LogP contribution in [0.4, 0.5) is 0 Å². The topological polar surface area (TPSA) is 225 Å². The van der Waals surface area contributed by atoms with Crippen molar-refractivity contribution in [3.05, 3.63) is 36.5 Å². The van der Waals surface area contributed by atoms with Gasteiger partial charge in [-0.15, -0.1) is 0 Å². The Morgan fingerprint density at radius 3 is 1.89 bits per heavy atom. The highest BCUT2D eigenvalue weighted by atomic mass is 16.7. The first-order chi connectivity index (χ1) is 22.6. The fourth-order valence-electron chi connectivity index (χ4n) is 4.99. The number of hydrogen-bond acceptors (Lipinski definition) is 14. The molecular formula is C33H56O14. The van der Waals surface area contributed by atoms with E-state index < -0.39 is 93.3 Å². The molecule has 0 aliphatic carbocycles. The first-order valence-electron chi connectivity index (χ1n) is 16.6. The van der Waals surface area contributed by atoms with Crippen molar-refractivity contribution in [3.63, 3.8) is 0 Å². The summed E-state index contributed by atoms with van der Waals surface area (Å²) in [6.45, 7) is 0.155. The zero-order valence-electron chi connectivity index (χ0n) is 27.2. The van der Waals surface area contributed by atoms with Gasteiger partial charge in [-0.1, -0.05) is 62.6 Å². The van der Waals surface area contributed by atoms with Crippen LogP contribution in [-0.2, 0) is 28.5 Å². The molecule has 47 heavy (non-hydrogen) atoms. The molecule has 14 nitrogen and oxygen atoms in total. The molecule has 0 aromatic rings. The molecule has 2 aliphatic heterocycles. The van der Waals surface area contributed by atoms with Crippen LogP contribution in [0, 0.1) is 0 Å². The first-order valence-corrected chi connectivity index (χ1v) is 16.6. The van der Waals surface area contributed by atoms with Gasteiger partial charge < -0.3 is 64.5 Å². The first kappa shape index (κ1) is 41.4. The van der Waals surface area contributed by atoms with E-state index in [4.69, 9.17) is 23.7 Å². The maximum atomic E-state index is 12.1. The highest BCUT2D eigenvalue weighted by Crippen LogP contribution is 2.26. The van der Waals surface area contributed by atoms with Crippen LogP contribution < -0.4 is 0 Å². The van der Waals surface area contributed by atoms with Crippen molar-refractivity contribution in [2.24, 2.45) is 0 Å². The monoisotopic (exact) mass is 676 g/mol. The van der Waals surface area contributed by atoms with Crippen molar-refractivity contribution in [1.29, 1.82) is 0 Å². The molecule has 0 aromatic heterocycles. The van der Waals surface area contributed by atoms with Crippen LogP contribution in [-0.4, -0.2) is 141 Å². The smallest absolute Gasteiger partial charge is 0.305 e. The van der Waals surface area contributed by atoms with Crippen LogP contribution in [0.5, 0.6) is 0 Å². The second-order valence-corrected chi connectivity index (χ2v) is 11.8. The molecular weight excluding hydrogens is 620 g/mol. The van der Waals surface area contributed by atoms with Crippen molar-refractivity contribution < 1.29 is 69.3 Å². The van der Waals surface area contributed by atoms with Crippen LogP contribution in [0.3, 0.4) is 0 Å². The number of aliphatic hydroxyl groups is 8. The molecule has 8 N–H and O–H groups in total. The molecule has 272 valence electrons. The third-order valence-electron chi connectivity index (χ3n) is 7.86. The molecule has 2 aliphatic rings. The lowest BCUT2D eigenvalue weighted by atomic mass is 9.98. The number of esters is 1. The second-order valence-electron chi connectivity index (χ2n) is 11.8. The Labute approximate surface area is 276 Å². The highest BCUT2D eigenvalue weighted by molar-refractivity contribution is 5.69. The fraction of sp³-hybridized carbons (Fsp3) is 0.788. The van der Waals surface area contributed by atoms with Crippen LogP contribution in [0.1, 0.15) is 71.1 Å². The number of rotatable bonds is 22. The number of hydrogen-bond donors (Lipinski definition) is 8. The van der Waals surface area contributed by atoms with Gasteiger partial charge in [0.25, 0.3) is 0 Å². The summed E-state index contributed by atoms with van der Waals surface area (Å²) in [6, 6.07) is 0. The van der Waals surface area contributed by atoms with Gasteiger partial charge in [0.2, 0.25) is 0 Å². The molecule has 2 rings (SSSR count). The molecule has 2 saturated heterocycles. The maximum Gasteiger partial charge on any atom is 0.305 e. The lowest BCUT2D eigenvalue weighted by Crippen LogP contribution is -2.61. The quantitative estimate of drug-likeness (QED) is 0.0433. The van der Waals surface area contributed by atoms with E-state index in [0.29, 0.717) is 6.42 Å². The summed E-state index contributed by atoms with van der Waals surface area (Å²) < 4.78 is 26.6. The molecule has 2 fully saturated rings. The van der Waals surface area contributed by atoms with Gasteiger partial charge in [0.05, 0.1) is 19.8 Å². The van der Waals surface area contributed by atoms with Gasteiger partial charge in [-0.2, -0.15) is 0 Å². The number of carbonyl (C=O) groups is 1. The average molecular weight is 677 g/mol. The van der Waals surface area contributed by atoms with E-state index in [2.05, 4.69) is 43.4 Å². The Balaban J connectivity index is 1.59. The minimum absolute atomic E-state index is 0.220. The summed E-state index contributed by atoms with van der Waals surface area (Å²) in [5.74, 6) is -0.455. The van der Waals surface area contributed by atoms with Gasteiger partial charge in [-0.25, -0.2) is 0 Å².